The summed E-state index contributed by atoms with van der Waals surface area (Å²) in [5.74, 6) is 0.813. The average molecular weight is 523 g/mol. The molecule has 8 heteroatoms. The second-order valence-corrected chi connectivity index (χ2v) is 13.9. The molecule has 3 saturated carbocycles. The largest absolute Gasteiger partial charge is 0.451 e. The summed E-state index contributed by atoms with van der Waals surface area (Å²) >= 11 is 0. The molecule has 4 aliphatic carbocycles. The molecule has 36 heavy (non-hydrogen) atoms. The molecule has 0 bridgehead atoms. The van der Waals surface area contributed by atoms with Gasteiger partial charge in [0.2, 0.25) is 0 Å². The van der Waals surface area contributed by atoms with E-state index in [2.05, 4.69) is 13.8 Å². The van der Waals surface area contributed by atoms with Crippen LogP contribution < -0.4 is 0 Å². The molecular formula is C28H43O7P. The van der Waals surface area contributed by atoms with Crippen LogP contribution >= 0.6 is 7.60 Å². The zero-order valence-electron chi connectivity index (χ0n) is 22.6. The lowest BCUT2D eigenvalue weighted by molar-refractivity contribution is -0.188. The Morgan fingerprint density at radius 1 is 1.00 bits per heavy atom. The molecule has 202 valence electrons. The van der Waals surface area contributed by atoms with E-state index < -0.39 is 24.6 Å². The van der Waals surface area contributed by atoms with Crippen molar-refractivity contribution in [3.8, 4) is 0 Å². The van der Waals surface area contributed by atoms with Crippen LogP contribution in [-0.4, -0.2) is 42.5 Å². The van der Waals surface area contributed by atoms with Crippen LogP contribution in [0.1, 0.15) is 92.4 Å². The van der Waals surface area contributed by atoms with Crippen molar-refractivity contribution in [2.75, 3.05) is 19.4 Å². The fraction of sp³-hybridized carbons (Fsp3) is 0.821. The molecular weight excluding hydrogens is 479 g/mol. The molecule has 4 rings (SSSR count). The normalized spacial score (nSPS) is 38.0. The molecule has 4 aliphatic rings. The van der Waals surface area contributed by atoms with Crippen LogP contribution in [0, 0.1) is 28.6 Å². The van der Waals surface area contributed by atoms with E-state index in [9.17, 15) is 18.9 Å². The van der Waals surface area contributed by atoms with E-state index in [0.717, 1.165) is 38.5 Å². The summed E-state index contributed by atoms with van der Waals surface area (Å²) in [7, 11) is -3.39. The minimum absolute atomic E-state index is 0.00627. The molecule has 0 radical (unpaired) electrons. The van der Waals surface area contributed by atoms with Crippen LogP contribution in [0.5, 0.6) is 0 Å². The lowest BCUT2D eigenvalue weighted by Crippen LogP contribution is -2.59. The van der Waals surface area contributed by atoms with Crippen molar-refractivity contribution >= 4 is 25.1 Å². The van der Waals surface area contributed by atoms with Gasteiger partial charge in [0.25, 0.3) is 0 Å². The highest BCUT2D eigenvalue weighted by Crippen LogP contribution is 2.68. The number of allylic oxidation sites excluding steroid dienone is 1. The first-order valence-corrected chi connectivity index (χ1v) is 15.5. The first-order valence-electron chi connectivity index (χ1n) is 13.8. The Morgan fingerprint density at radius 2 is 1.67 bits per heavy atom. The molecule has 0 aromatic carbocycles. The van der Waals surface area contributed by atoms with E-state index in [1.807, 2.05) is 6.08 Å². The van der Waals surface area contributed by atoms with Crippen molar-refractivity contribution in [3.63, 3.8) is 0 Å². The molecule has 0 spiro atoms. The summed E-state index contributed by atoms with van der Waals surface area (Å²) in [6.45, 7) is 9.84. The Kier molecular flexibility index (Phi) is 7.79. The van der Waals surface area contributed by atoms with Crippen LogP contribution in [-0.2, 0) is 32.7 Å². The summed E-state index contributed by atoms with van der Waals surface area (Å²) < 4.78 is 29.9. The molecule has 0 N–H and O–H groups in total. The summed E-state index contributed by atoms with van der Waals surface area (Å²) in [6.07, 6.45) is 8.42. The van der Waals surface area contributed by atoms with E-state index in [-0.39, 0.29) is 48.7 Å². The van der Waals surface area contributed by atoms with Crippen molar-refractivity contribution in [1.82, 2.24) is 0 Å². The molecule has 0 amide bonds. The van der Waals surface area contributed by atoms with Crippen molar-refractivity contribution in [1.29, 1.82) is 0 Å². The predicted molar refractivity (Wildman–Crippen MR) is 137 cm³/mol. The monoisotopic (exact) mass is 522 g/mol. The van der Waals surface area contributed by atoms with E-state index in [0.29, 0.717) is 24.7 Å². The van der Waals surface area contributed by atoms with Crippen LogP contribution in [0.3, 0.4) is 0 Å². The Hall–Kier alpha value is -1.30. The number of hydrogen-bond acceptors (Lipinski definition) is 7. The predicted octanol–water partition coefficient (Wildman–Crippen LogP) is 6.05. The van der Waals surface area contributed by atoms with Gasteiger partial charge in [0, 0.05) is 25.2 Å². The van der Waals surface area contributed by atoms with Gasteiger partial charge in [-0.3, -0.25) is 18.9 Å². The van der Waals surface area contributed by atoms with Gasteiger partial charge in [0.1, 0.15) is 0 Å². The van der Waals surface area contributed by atoms with Crippen LogP contribution in [0.2, 0.25) is 0 Å². The zero-order chi connectivity index (χ0) is 26.4. The molecule has 0 heterocycles. The number of Topliss-reactive ketones (excluding diaryl/α,β-unsaturated/α-hetero) is 1. The topological polar surface area (TPSA) is 96.0 Å². The number of rotatable bonds is 9. The van der Waals surface area contributed by atoms with Gasteiger partial charge in [-0.15, -0.1) is 0 Å². The van der Waals surface area contributed by atoms with Crippen LogP contribution in [0.25, 0.3) is 0 Å². The summed E-state index contributed by atoms with van der Waals surface area (Å²) in [5.41, 5.74) is -0.333. The third-order valence-corrected chi connectivity index (χ3v) is 12.2. The smallest absolute Gasteiger partial charge is 0.331 e. The molecule has 0 saturated heterocycles. The standard InChI is InChI=1S/C28H43O7P/c1-6-33-36(32,34-7-2)17-13-25(31)28(35-19(3)29)16-12-24-22-9-8-20-18-21(30)10-14-26(20,4)23(22)11-15-27(24,28)5/h18,22-24H,6-17H2,1-5H3. The van der Waals surface area contributed by atoms with Gasteiger partial charge in [-0.1, -0.05) is 19.4 Å². The maximum atomic E-state index is 13.9. The minimum Gasteiger partial charge on any atom is -0.451 e. The van der Waals surface area contributed by atoms with Gasteiger partial charge in [-0.2, -0.15) is 0 Å². The first kappa shape index (κ1) is 27.7. The van der Waals surface area contributed by atoms with Crippen LogP contribution in [0.15, 0.2) is 11.6 Å². The number of carbonyl (C=O) groups excluding carboxylic acids is 3. The maximum Gasteiger partial charge on any atom is 0.331 e. The van der Waals surface area contributed by atoms with Gasteiger partial charge in [0.15, 0.2) is 17.2 Å². The van der Waals surface area contributed by atoms with E-state index in [1.165, 1.54) is 12.5 Å². The van der Waals surface area contributed by atoms with Gasteiger partial charge >= 0.3 is 13.6 Å². The van der Waals surface area contributed by atoms with Crippen molar-refractivity contribution < 1.29 is 32.7 Å². The number of ketones is 2. The molecule has 6 unspecified atom stereocenters. The van der Waals surface area contributed by atoms with E-state index >= 15 is 0 Å². The average Bonchev–Trinajstić information content (AvgIpc) is 3.11. The minimum atomic E-state index is -3.39. The number of ether oxygens (including phenoxy) is 1. The highest BCUT2D eigenvalue weighted by atomic mass is 31.2. The van der Waals surface area contributed by atoms with Crippen molar-refractivity contribution in [3.05, 3.63) is 11.6 Å². The molecule has 7 nitrogen and oxygen atoms in total. The Bertz CT molecular complexity index is 978. The van der Waals surface area contributed by atoms with Crippen LogP contribution in [0.4, 0.5) is 0 Å². The summed E-state index contributed by atoms with van der Waals surface area (Å²) in [5, 5.41) is 0. The maximum absolute atomic E-state index is 13.9. The third-order valence-electron chi connectivity index (χ3n) is 10.1. The Morgan fingerprint density at radius 3 is 2.31 bits per heavy atom. The van der Waals surface area contributed by atoms with Crippen molar-refractivity contribution in [2.24, 2.45) is 28.6 Å². The number of carbonyl (C=O) groups is 3. The van der Waals surface area contributed by atoms with E-state index in [1.54, 1.807) is 13.8 Å². The number of hydrogen-bond donors (Lipinski definition) is 0. The zero-order valence-corrected chi connectivity index (χ0v) is 23.5. The van der Waals surface area contributed by atoms with Gasteiger partial charge in [0.05, 0.1) is 19.4 Å². The van der Waals surface area contributed by atoms with Gasteiger partial charge in [-0.25, -0.2) is 0 Å². The molecule has 0 aliphatic heterocycles. The lowest BCUT2D eigenvalue weighted by Gasteiger charge is -2.59. The second kappa shape index (κ2) is 10.1. The fourth-order valence-electron chi connectivity index (χ4n) is 8.49. The molecule has 3 fully saturated rings. The quantitative estimate of drug-likeness (QED) is 0.269. The van der Waals surface area contributed by atoms with E-state index in [4.69, 9.17) is 13.8 Å². The fourth-order valence-corrected chi connectivity index (χ4v) is 10.1. The number of fused-ring (bicyclic) bond motifs is 5. The number of esters is 1. The summed E-state index contributed by atoms with van der Waals surface area (Å²) in [4.78, 5) is 38.4. The highest BCUT2D eigenvalue weighted by Gasteiger charge is 2.68. The Balaban J connectivity index is 1.61. The van der Waals surface area contributed by atoms with Crippen molar-refractivity contribution in [2.45, 2.75) is 98.0 Å². The highest BCUT2D eigenvalue weighted by molar-refractivity contribution is 7.53. The molecule has 0 aromatic rings. The van der Waals surface area contributed by atoms with Gasteiger partial charge < -0.3 is 13.8 Å². The lowest BCUT2D eigenvalue weighted by atomic mass is 9.46. The SMILES string of the molecule is CCOP(=O)(CCC(=O)C1(OC(C)=O)CCC2C3CCC4=CC(=O)CCC4(C)C3CCC21C)OCC. The molecule has 6 atom stereocenters. The Labute approximate surface area is 215 Å². The summed E-state index contributed by atoms with van der Waals surface area (Å²) in [6, 6.07) is 0. The third kappa shape index (κ3) is 4.47. The first-order chi connectivity index (χ1) is 16.9. The molecule has 0 aromatic heterocycles. The second-order valence-electron chi connectivity index (χ2n) is 11.7. The van der Waals surface area contributed by atoms with Gasteiger partial charge in [-0.05, 0) is 88.0 Å².